The van der Waals surface area contributed by atoms with Gasteiger partial charge in [0, 0.05) is 13.1 Å². The highest BCUT2D eigenvalue weighted by atomic mass is 32.2. The molecule has 2 aliphatic heterocycles. The first-order valence-corrected chi connectivity index (χ1v) is 7.52. The number of thioether (sulfide) groups is 1. The van der Waals surface area contributed by atoms with Gasteiger partial charge < -0.3 is 15.5 Å². The van der Waals surface area contributed by atoms with E-state index in [2.05, 4.69) is 0 Å². The molecule has 0 bridgehead atoms. The third kappa shape index (κ3) is 2.58. The number of piperazine rings is 1. The Hall–Kier alpha value is -1.77. The van der Waals surface area contributed by atoms with Crippen molar-refractivity contribution >= 4 is 35.5 Å². The van der Waals surface area contributed by atoms with Crippen LogP contribution in [-0.2, 0) is 14.4 Å². The molecule has 0 aliphatic carbocycles. The minimum atomic E-state index is -0.734. The highest BCUT2D eigenvalue weighted by Crippen LogP contribution is 2.22. The molecule has 2 aliphatic rings. The van der Waals surface area contributed by atoms with Crippen molar-refractivity contribution in [1.29, 1.82) is 0 Å². The standard InChI is InChI=1S/C11H16N4O4S/c1-20-6-9(17)13-2-3-14-7(4-13)10(18)15(11(14)19)5-8(12)16/h7H,2-6H2,1H3,(H2,12,16)/t7-/m0/s1. The molecule has 0 radical (unpaired) electrons. The Bertz CT molecular complexity index is 469. The van der Waals surface area contributed by atoms with Crippen LogP contribution < -0.4 is 5.73 Å². The minimum Gasteiger partial charge on any atom is -0.368 e. The van der Waals surface area contributed by atoms with Gasteiger partial charge in [-0.05, 0) is 6.26 Å². The van der Waals surface area contributed by atoms with Gasteiger partial charge in [-0.3, -0.25) is 19.3 Å². The number of hydrogen-bond acceptors (Lipinski definition) is 5. The minimum absolute atomic E-state index is 0.0502. The number of primary amides is 1. The van der Waals surface area contributed by atoms with Gasteiger partial charge in [-0.25, -0.2) is 4.79 Å². The first-order valence-electron chi connectivity index (χ1n) is 6.12. The number of urea groups is 1. The van der Waals surface area contributed by atoms with Crippen LogP contribution >= 0.6 is 11.8 Å². The van der Waals surface area contributed by atoms with Gasteiger partial charge in [0.25, 0.3) is 5.91 Å². The first kappa shape index (κ1) is 14.6. The van der Waals surface area contributed by atoms with Crippen LogP contribution in [0, 0.1) is 0 Å². The van der Waals surface area contributed by atoms with Crippen LogP contribution in [0.1, 0.15) is 0 Å². The van der Waals surface area contributed by atoms with E-state index >= 15 is 0 Å². The molecule has 2 heterocycles. The lowest BCUT2D eigenvalue weighted by molar-refractivity contribution is -0.135. The van der Waals surface area contributed by atoms with E-state index in [4.69, 9.17) is 5.73 Å². The maximum atomic E-state index is 12.1. The predicted molar refractivity (Wildman–Crippen MR) is 71.8 cm³/mol. The molecule has 0 aromatic heterocycles. The van der Waals surface area contributed by atoms with Gasteiger partial charge in [-0.2, -0.15) is 11.8 Å². The van der Waals surface area contributed by atoms with E-state index in [0.29, 0.717) is 18.8 Å². The number of rotatable bonds is 4. The summed E-state index contributed by atoms with van der Waals surface area (Å²) in [4.78, 5) is 50.7. The SMILES string of the molecule is CSCC(=O)N1CCN2C(=O)N(CC(N)=O)C(=O)[C@@H]2C1. The highest BCUT2D eigenvalue weighted by Gasteiger charge is 2.48. The van der Waals surface area contributed by atoms with Crippen LogP contribution in [0.5, 0.6) is 0 Å². The molecule has 2 rings (SSSR count). The van der Waals surface area contributed by atoms with Crippen LogP contribution in [-0.4, -0.2) is 82.7 Å². The van der Waals surface area contributed by atoms with Gasteiger partial charge in [0.1, 0.15) is 12.6 Å². The smallest absolute Gasteiger partial charge is 0.328 e. The number of hydrogen-bond donors (Lipinski definition) is 1. The van der Waals surface area contributed by atoms with Gasteiger partial charge >= 0.3 is 6.03 Å². The quantitative estimate of drug-likeness (QED) is 0.624. The average molecular weight is 300 g/mol. The molecule has 1 atom stereocenters. The Morgan fingerprint density at radius 2 is 2.05 bits per heavy atom. The molecule has 2 N–H and O–H groups in total. The maximum absolute atomic E-state index is 12.1. The van der Waals surface area contributed by atoms with Crippen molar-refractivity contribution in [3.8, 4) is 0 Å². The molecule has 8 nitrogen and oxygen atoms in total. The molecule has 0 saturated carbocycles. The lowest BCUT2D eigenvalue weighted by Crippen LogP contribution is -2.55. The van der Waals surface area contributed by atoms with Gasteiger partial charge in [-0.1, -0.05) is 0 Å². The molecule has 110 valence electrons. The van der Waals surface area contributed by atoms with E-state index in [-0.39, 0.29) is 12.5 Å². The van der Waals surface area contributed by atoms with Crippen LogP contribution in [0.2, 0.25) is 0 Å². The van der Waals surface area contributed by atoms with Gasteiger partial charge in [0.15, 0.2) is 0 Å². The molecule has 0 unspecified atom stereocenters. The van der Waals surface area contributed by atoms with E-state index < -0.39 is 30.4 Å². The normalized spacial score (nSPS) is 22.2. The van der Waals surface area contributed by atoms with Crippen LogP contribution in [0.15, 0.2) is 0 Å². The molecular formula is C11H16N4O4S. The molecule has 0 aromatic rings. The Balaban J connectivity index is 2.09. The number of carbonyl (C=O) groups is 4. The van der Waals surface area contributed by atoms with Crippen LogP contribution in [0.4, 0.5) is 4.79 Å². The first-order chi connectivity index (χ1) is 9.45. The summed E-state index contributed by atoms with van der Waals surface area (Å²) in [6, 6.07) is -1.20. The monoisotopic (exact) mass is 300 g/mol. The van der Waals surface area contributed by atoms with E-state index in [9.17, 15) is 19.2 Å². The summed E-state index contributed by atoms with van der Waals surface area (Å²) in [6.45, 7) is 0.465. The van der Waals surface area contributed by atoms with Crippen LogP contribution in [0.25, 0.3) is 0 Å². The summed E-state index contributed by atoms with van der Waals surface area (Å²) >= 11 is 1.41. The molecule has 0 spiro atoms. The van der Waals surface area contributed by atoms with Crippen LogP contribution in [0.3, 0.4) is 0 Å². The number of nitrogens with zero attached hydrogens (tertiary/aromatic N) is 3. The second kappa shape index (κ2) is 5.70. The van der Waals surface area contributed by atoms with Gasteiger partial charge in [0.2, 0.25) is 11.8 Å². The van der Waals surface area contributed by atoms with Crippen molar-refractivity contribution in [3.05, 3.63) is 0 Å². The highest BCUT2D eigenvalue weighted by molar-refractivity contribution is 7.99. The number of amides is 5. The Kier molecular flexibility index (Phi) is 4.17. The Morgan fingerprint density at radius 1 is 1.35 bits per heavy atom. The summed E-state index contributed by atoms with van der Waals surface area (Å²) in [7, 11) is 0. The molecule has 5 amide bonds. The molecule has 2 fully saturated rings. The van der Waals surface area contributed by atoms with Crippen molar-refractivity contribution in [1.82, 2.24) is 14.7 Å². The van der Waals surface area contributed by atoms with Crippen molar-refractivity contribution in [2.75, 3.05) is 38.2 Å². The third-order valence-electron chi connectivity index (χ3n) is 3.34. The lowest BCUT2D eigenvalue weighted by Gasteiger charge is -2.35. The van der Waals surface area contributed by atoms with Crippen molar-refractivity contribution in [2.24, 2.45) is 5.73 Å². The van der Waals surface area contributed by atoms with E-state index in [1.165, 1.54) is 16.7 Å². The van der Waals surface area contributed by atoms with Crippen molar-refractivity contribution < 1.29 is 19.2 Å². The largest absolute Gasteiger partial charge is 0.368 e. The Labute approximate surface area is 120 Å². The predicted octanol–water partition coefficient (Wildman–Crippen LogP) is -1.69. The number of imide groups is 1. The fourth-order valence-electron chi connectivity index (χ4n) is 2.40. The molecule has 2 saturated heterocycles. The summed E-state index contributed by atoms with van der Waals surface area (Å²) in [6.07, 6.45) is 1.83. The number of fused-ring (bicyclic) bond motifs is 1. The average Bonchev–Trinajstić information content (AvgIpc) is 2.63. The molecule has 0 aromatic carbocycles. The number of carbonyl (C=O) groups excluding carboxylic acids is 4. The van der Waals surface area contributed by atoms with Crippen molar-refractivity contribution in [2.45, 2.75) is 6.04 Å². The van der Waals surface area contributed by atoms with E-state index in [1.807, 2.05) is 6.26 Å². The van der Waals surface area contributed by atoms with Gasteiger partial charge in [-0.15, -0.1) is 0 Å². The topological polar surface area (TPSA) is 104 Å². The zero-order chi connectivity index (χ0) is 14.9. The Morgan fingerprint density at radius 3 is 2.65 bits per heavy atom. The fraction of sp³-hybridized carbons (Fsp3) is 0.636. The zero-order valence-electron chi connectivity index (χ0n) is 11.1. The second-order valence-corrected chi connectivity index (χ2v) is 5.52. The fourth-order valence-corrected chi connectivity index (χ4v) is 2.82. The summed E-state index contributed by atoms with van der Waals surface area (Å²) in [5.74, 6) is -0.900. The summed E-state index contributed by atoms with van der Waals surface area (Å²) < 4.78 is 0. The third-order valence-corrected chi connectivity index (χ3v) is 3.88. The molecule has 9 heteroatoms. The van der Waals surface area contributed by atoms with Gasteiger partial charge in [0.05, 0.1) is 12.3 Å². The van der Waals surface area contributed by atoms with Crippen molar-refractivity contribution in [3.63, 3.8) is 0 Å². The summed E-state index contributed by atoms with van der Waals surface area (Å²) in [5, 5.41) is 0. The molecular weight excluding hydrogens is 284 g/mol. The zero-order valence-corrected chi connectivity index (χ0v) is 11.9. The van der Waals surface area contributed by atoms with E-state index in [0.717, 1.165) is 4.90 Å². The molecule has 20 heavy (non-hydrogen) atoms. The maximum Gasteiger partial charge on any atom is 0.328 e. The lowest BCUT2D eigenvalue weighted by atomic mass is 10.2. The number of nitrogens with two attached hydrogens (primary N) is 1. The van der Waals surface area contributed by atoms with E-state index in [1.54, 1.807) is 4.90 Å². The second-order valence-electron chi connectivity index (χ2n) is 4.66. The summed E-state index contributed by atoms with van der Waals surface area (Å²) in [5.41, 5.74) is 5.03.